The van der Waals surface area contributed by atoms with Gasteiger partial charge in [-0.1, -0.05) is 61.9 Å². The molecule has 0 saturated carbocycles. The van der Waals surface area contributed by atoms with Gasteiger partial charge in [0.1, 0.15) is 5.82 Å². The fraction of sp³-hybridized carbons (Fsp3) is 0.286. The van der Waals surface area contributed by atoms with E-state index in [-0.39, 0.29) is 12.1 Å². The number of hydrogen-bond acceptors (Lipinski definition) is 2. The van der Waals surface area contributed by atoms with Crippen molar-refractivity contribution in [1.82, 2.24) is 24.6 Å². The summed E-state index contributed by atoms with van der Waals surface area (Å²) in [5, 5.41) is 8.06. The van der Waals surface area contributed by atoms with Crippen LogP contribution in [0.4, 0.5) is 4.79 Å². The second kappa shape index (κ2) is 8.86. The van der Waals surface area contributed by atoms with Gasteiger partial charge in [-0.05, 0) is 49.6 Å². The molecule has 6 heteroatoms. The van der Waals surface area contributed by atoms with Crippen LogP contribution in [0.25, 0.3) is 11.5 Å². The van der Waals surface area contributed by atoms with Gasteiger partial charge in [-0.2, -0.15) is 5.10 Å². The molecule has 0 bridgehead atoms. The van der Waals surface area contributed by atoms with E-state index in [1.807, 2.05) is 34.7 Å². The summed E-state index contributed by atoms with van der Waals surface area (Å²) in [5.41, 5.74) is 6.28. The predicted molar refractivity (Wildman–Crippen MR) is 134 cm³/mol. The van der Waals surface area contributed by atoms with Gasteiger partial charge in [0.25, 0.3) is 0 Å². The first-order valence-electron chi connectivity index (χ1n) is 11.9. The number of para-hydroxylation sites is 1. The SMILES string of the molecule is Cc1cccc([C@@H]2c3cccn3-c3c(c(C)nn3-c3ccccc3)CN2C(=O)NCC(C)C)c1. The molecule has 5 rings (SSSR count). The topological polar surface area (TPSA) is 55.1 Å². The molecule has 0 unspecified atom stereocenters. The Kier molecular flexibility index (Phi) is 5.74. The lowest BCUT2D eigenvalue weighted by Gasteiger charge is -2.31. The lowest BCUT2D eigenvalue weighted by atomic mass is 10.00. The number of aromatic nitrogens is 3. The Bertz CT molecular complexity index is 1320. The highest BCUT2D eigenvalue weighted by atomic mass is 16.2. The molecular weight excluding hydrogens is 422 g/mol. The largest absolute Gasteiger partial charge is 0.338 e. The monoisotopic (exact) mass is 453 g/mol. The number of rotatable bonds is 4. The lowest BCUT2D eigenvalue weighted by molar-refractivity contribution is 0.179. The Balaban J connectivity index is 1.72. The van der Waals surface area contributed by atoms with Crippen molar-refractivity contribution >= 4 is 6.03 Å². The Labute approximate surface area is 200 Å². The summed E-state index contributed by atoms with van der Waals surface area (Å²) in [6.45, 7) is 9.44. The molecule has 0 aliphatic carbocycles. The number of hydrogen-bond donors (Lipinski definition) is 1. The first-order chi connectivity index (χ1) is 16.4. The van der Waals surface area contributed by atoms with Crippen LogP contribution in [-0.4, -0.2) is 31.8 Å². The fourth-order valence-corrected chi connectivity index (χ4v) is 4.73. The molecule has 0 saturated heterocycles. The first-order valence-corrected chi connectivity index (χ1v) is 11.9. The highest BCUT2D eigenvalue weighted by molar-refractivity contribution is 5.76. The molecule has 34 heavy (non-hydrogen) atoms. The van der Waals surface area contributed by atoms with Crippen molar-refractivity contribution in [3.63, 3.8) is 0 Å². The predicted octanol–water partition coefficient (Wildman–Crippen LogP) is 5.55. The zero-order valence-corrected chi connectivity index (χ0v) is 20.2. The average Bonchev–Trinajstić information content (AvgIpc) is 3.38. The fourth-order valence-electron chi connectivity index (χ4n) is 4.73. The molecule has 1 aliphatic heterocycles. The lowest BCUT2D eigenvalue weighted by Crippen LogP contribution is -2.43. The van der Waals surface area contributed by atoms with Crippen LogP contribution in [0, 0.1) is 19.8 Å². The van der Waals surface area contributed by atoms with Crippen LogP contribution < -0.4 is 5.32 Å². The molecular formula is C28H31N5O. The quantitative estimate of drug-likeness (QED) is 0.440. The number of nitrogens with one attached hydrogen (secondary N) is 1. The number of carbonyl (C=O) groups excluding carboxylic acids is 1. The second-order valence-electron chi connectivity index (χ2n) is 9.46. The maximum absolute atomic E-state index is 13.6. The summed E-state index contributed by atoms with van der Waals surface area (Å²) in [7, 11) is 0. The number of nitrogens with zero attached hydrogens (tertiary/aromatic N) is 4. The van der Waals surface area contributed by atoms with E-state index < -0.39 is 0 Å². The van der Waals surface area contributed by atoms with Gasteiger partial charge >= 0.3 is 6.03 Å². The zero-order chi connectivity index (χ0) is 23.8. The minimum absolute atomic E-state index is 0.0623. The number of benzene rings is 2. The summed E-state index contributed by atoms with van der Waals surface area (Å²) in [6.07, 6.45) is 2.08. The summed E-state index contributed by atoms with van der Waals surface area (Å²) >= 11 is 0. The molecule has 3 heterocycles. The third kappa shape index (κ3) is 3.89. The summed E-state index contributed by atoms with van der Waals surface area (Å²) in [6, 6.07) is 22.5. The van der Waals surface area contributed by atoms with Crippen LogP contribution in [-0.2, 0) is 6.54 Å². The van der Waals surface area contributed by atoms with Crippen molar-refractivity contribution in [3.8, 4) is 11.5 Å². The molecule has 0 radical (unpaired) electrons. The number of carbonyl (C=O) groups is 1. The second-order valence-corrected chi connectivity index (χ2v) is 9.46. The number of amides is 2. The van der Waals surface area contributed by atoms with Crippen molar-refractivity contribution in [2.75, 3.05) is 6.54 Å². The number of urea groups is 1. The molecule has 1 N–H and O–H groups in total. The van der Waals surface area contributed by atoms with E-state index in [1.165, 1.54) is 5.56 Å². The normalized spacial score (nSPS) is 15.1. The first kappa shape index (κ1) is 22.0. The van der Waals surface area contributed by atoms with Gasteiger partial charge in [-0.25, -0.2) is 9.48 Å². The van der Waals surface area contributed by atoms with E-state index in [9.17, 15) is 4.79 Å². The molecule has 0 fully saturated rings. The van der Waals surface area contributed by atoms with Crippen molar-refractivity contribution in [2.45, 2.75) is 40.3 Å². The summed E-state index contributed by atoms with van der Waals surface area (Å²) in [5.74, 6) is 1.36. The molecule has 2 aromatic carbocycles. The van der Waals surface area contributed by atoms with Gasteiger partial charge in [-0.15, -0.1) is 0 Å². The van der Waals surface area contributed by atoms with Gasteiger partial charge in [0.15, 0.2) is 0 Å². The highest BCUT2D eigenvalue weighted by Gasteiger charge is 2.35. The van der Waals surface area contributed by atoms with Crippen molar-refractivity contribution < 1.29 is 4.79 Å². The molecule has 0 spiro atoms. The summed E-state index contributed by atoms with van der Waals surface area (Å²) in [4.78, 5) is 15.6. The Hall–Kier alpha value is -3.80. The molecule has 1 atom stereocenters. The standard InChI is InChI=1S/C28H31N5O/c1-19(2)17-29-28(34)32-18-24-21(4)30-33(23-12-6-5-7-13-23)27(24)31-15-9-14-25(31)26(32)22-11-8-10-20(3)16-22/h5-16,19,26H,17-18H2,1-4H3,(H,29,34)/t26-/m1/s1. The van der Waals surface area contributed by atoms with Crippen LogP contribution in [0.1, 0.15) is 48.0 Å². The number of fused-ring (bicyclic) bond motifs is 3. The maximum atomic E-state index is 13.6. The van der Waals surface area contributed by atoms with Crippen LogP contribution in [0.15, 0.2) is 72.9 Å². The van der Waals surface area contributed by atoms with Gasteiger partial charge in [0.05, 0.1) is 29.7 Å². The average molecular weight is 454 g/mol. The third-order valence-corrected chi connectivity index (χ3v) is 6.37. The van der Waals surface area contributed by atoms with Crippen molar-refractivity contribution in [1.29, 1.82) is 0 Å². The number of aryl methyl sites for hydroxylation is 2. The van der Waals surface area contributed by atoms with Crippen molar-refractivity contribution in [3.05, 3.63) is 101 Å². The van der Waals surface area contributed by atoms with E-state index in [4.69, 9.17) is 5.10 Å². The van der Waals surface area contributed by atoms with Crippen LogP contribution in [0.2, 0.25) is 0 Å². The van der Waals surface area contributed by atoms with E-state index in [2.05, 4.69) is 85.4 Å². The minimum atomic E-state index is -0.224. The molecule has 2 aromatic heterocycles. The van der Waals surface area contributed by atoms with Gasteiger partial charge in [0, 0.05) is 18.3 Å². The zero-order valence-electron chi connectivity index (χ0n) is 20.2. The highest BCUT2D eigenvalue weighted by Crippen LogP contribution is 2.38. The van der Waals surface area contributed by atoms with E-state index in [0.717, 1.165) is 34.0 Å². The Morgan fingerprint density at radius 1 is 1.06 bits per heavy atom. The van der Waals surface area contributed by atoms with Gasteiger partial charge in [-0.3, -0.25) is 0 Å². The minimum Gasteiger partial charge on any atom is -0.338 e. The smallest absolute Gasteiger partial charge is 0.318 e. The maximum Gasteiger partial charge on any atom is 0.318 e. The van der Waals surface area contributed by atoms with Crippen LogP contribution in [0.3, 0.4) is 0 Å². The molecule has 2 amide bonds. The van der Waals surface area contributed by atoms with Crippen molar-refractivity contribution in [2.24, 2.45) is 5.92 Å². The summed E-state index contributed by atoms with van der Waals surface area (Å²) < 4.78 is 4.20. The van der Waals surface area contributed by atoms with E-state index in [0.29, 0.717) is 19.0 Å². The Morgan fingerprint density at radius 3 is 2.59 bits per heavy atom. The van der Waals surface area contributed by atoms with Gasteiger partial charge in [0.2, 0.25) is 0 Å². The molecule has 174 valence electrons. The van der Waals surface area contributed by atoms with E-state index in [1.54, 1.807) is 0 Å². The van der Waals surface area contributed by atoms with Crippen LogP contribution in [0.5, 0.6) is 0 Å². The van der Waals surface area contributed by atoms with Gasteiger partial charge < -0.3 is 14.8 Å². The molecule has 4 aromatic rings. The van der Waals surface area contributed by atoms with E-state index >= 15 is 0 Å². The third-order valence-electron chi connectivity index (χ3n) is 6.37. The Morgan fingerprint density at radius 2 is 1.85 bits per heavy atom. The molecule has 1 aliphatic rings. The molecule has 6 nitrogen and oxygen atoms in total. The van der Waals surface area contributed by atoms with Crippen LogP contribution >= 0.6 is 0 Å².